The number of anilines is 1. The maximum absolute atomic E-state index is 13.0. The van der Waals surface area contributed by atoms with Gasteiger partial charge in [-0.15, -0.1) is 0 Å². The molecular formula is C18H17ClFNO3. The number of carbonyl (C=O) groups excluding carboxylic acids is 1. The summed E-state index contributed by atoms with van der Waals surface area (Å²) in [6, 6.07) is 9.49. The molecule has 0 aromatic heterocycles. The van der Waals surface area contributed by atoms with Gasteiger partial charge in [-0.1, -0.05) is 23.7 Å². The molecule has 24 heavy (non-hydrogen) atoms. The Balaban J connectivity index is 1.72. The Bertz CT molecular complexity index is 764. The highest BCUT2D eigenvalue weighted by Gasteiger charge is 2.44. The third-order valence-electron chi connectivity index (χ3n) is 4.16. The SMILES string of the molecule is COc1cc(OC)c(NC(=O)C2CC2c2ccc(F)cc2)cc1Cl. The van der Waals surface area contributed by atoms with Crippen LogP contribution in [-0.4, -0.2) is 20.1 Å². The first-order chi connectivity index (χ1) is 11.5. The number of nitrogens with one attached hydrogen (secondary N) is 1. The molecule has 1 amide bonds. The summed E-state index contributed by atoms with van der Waals surface area (Å²) in [6.07, 6.45) is 0.740. The molecule has 0 heterocycles. The zero-order valence-corrected chi connectivity index (χ0v) is 14.1. The normalized spacial score (nSPS) is 18.8. The lowest BCUT2D eigenvalue weighted by molar-refractivity contribution is -0.117. The van der Waals surface area contributed by atoms with E-state index in [2.05, 4.69) is 5.32 Å². The highest BCUT2D eigenvalue weighted by Crippen LogP contribution is 2.48. The summed E-state index contributed by atoms with van der Waals surface area (Å²) < 4.78 is 23.4. The van der Waals surface area contributed by atoms with Crippen molar-refractivity contribution in [3.05, 3.63) is 52.8 Å². The van der Waals surface area contributed by atoms with Gasteiger partial charge < -0.3 is 14.8 Å². The van der Waals surface area contributed by atoms with Crippen molar-refractivity contribution in [1.29, 1.82) is 0 Å². The maximum atomic E-state index is 13.0. The van der Waals surface area contributed by atoms with Crippen LogP contribution in [0, 0.1) is 11.7 Å². The van der Waals surface area contributed by atoms with Crippen LogP contribution in [0.15, 0.2) is 36.4 Å². The van der Waals surface area contributed by atoms with E-state index in [1.165, 1.54) is 26.4 Å². The second-order valence-electron chi connectivity index (χ2n) is 5.68. The van der Waals surface area contributed by atoms with E-state index in [1.807, 2.05) is 0 Å². The van der Waals surface area contributed by atoms with Crippen LogP contribution in [0.1, 0.15) is 17.9 Å². The van der Waals surface area contributed by atoms with Crippen LogP contribution < -0.4 is 14.8 Å². The standard InChI is InChI=1S/C18H17ClFNO3/c1-23-16-9-17(24-2)15(8-14(16)19)21-18(22)13-7-12(13)10-3-5-11(20)6-4-10/h3-6,8-9,12-13H,7H2,1-2H3,(H,21,22). The molecule has 1 aliphatic carbocycles. The molecule has 2 atom stereocenters. The molecule has 0 aliphatic heterocycles. The number of ether oxygens (including phenoxy) is 2. The Kier molecular flexibility index (Phi) is 4.62. The number of hydrogen-bond donors (Lipinski definition) is 1. The van der Waals surface area contributed by atoms with Gasteiger partial charge in [0.1, 0.15) is 17.3 Å². The van der Waals surface area contributed by atoms with Crippen LogP contribution >= 0.6 is 11.6 Å². The highest BCUT2D eigenvalue weighted by molar-refractivity contribution is 6.32. The van der Waals surface area contributed by atoms with E-state index in [9.17, 15) is 9.18 Å². The zero-order valence-electron chi connectivity index (χ0n) is 13.3. The number of hydrogen-bond acceptors (Lipinski definition) is 3. The van der Waals surface area contributed by atoms with Gasteiger partial charge >= 0.3 is 0 Å². The molecule has 0 spiro atoms. The fourth-order valence-corrected chi connectivity index (χ4v) is 2.99. The summed E-state index contributed by atoms with van der Waals surface area (Å²) in [5, 5.41) is 3.24. The van der Waals surface area contributed by atoms with Crippen LogP contribution in [-0.2, 0) is 4.79 Å². The Hall–Kier alpha value is -2.27. The van der Waals surface area contributed by atoms with Crippen LogP contribution in [0.25, 0.3) is 0 Å². The summed E-state index contributed by atoms with van der Waals surface area (Å²) in [4.78, 5) is 12.4. The molecule has 1 N–H and O–H groups in total. The monoisotopic (exact) mass is 349 g/mol. The van der Waals surface area contributed by atoms with E-state index < -0.39 is 0 Å². The Labute approximate surface area is 144 Å². The van der Waals surface area contributed by atoms with Crippen LogP contribution in [0.4, 0.5) is 10.1 Å². The minimum Gasteiger partial charge on any atom is -0.495 e. The van der Waals surface area contributed by atoms with E-state index >= 15 is 0 Å². The second kappa shape index (κ2) is 6.69. The number of methoxy groups -OCH3 is 2. The lowest BCUT2D eigenvalue weighted by atomic mass is 10.1. The van der Waals surface area contributed by atoms with Gasteiger partial charge in [0.25, 0.3) is 0 Å². The van der Waals surface area contributed by atoms with Gasteiger partial charge in [-0.2, -0.15) is 0 Å². The summed E-state index contributed by atoms with van der Waals surface area (Å²) in [6.45, 7) is 0. The molecule has 126 valence electrons. The number of halogens is 2. The molecule has 0 saturated heterocycles. The van der Waals surface area contributed by atoms with Gasteiger partial charge in [0.05, 0.1) is 24.9 Å². The Morgan fingerprint density at radius 2 is 1.83 bits per heavy atom. The van der Waals surface area contributed by atoms with Crippen molar-refractivity contribution in [2.24, 2.45) is 5.92 Å². The fraction of sp³-hybridized carbons (Fsp3) is 0.278. The summed E-state index contributed by atoms with van der Waals surface area (Å²) in [7, 11) is 3.02. The molecule has 6 heteroatoms. The quantitative estimate of drug-likeness (QED) is 0.878. The van der Waals surface area contributed by atoms with E-state index in [0.29, 0.717) is 22.2 Å². The molecule has 2 aromatic carbocycles. The molecule has 1 aliphatic rings. The average molecular weight is 350 g/mol. The van der Waals surface area contributed by atoms with Gasteiger partial charge in [0, 0.05) is 12.0 Å². The number of benzene rings is 2. The first-order valence-electron chi connectivity index (χ1n) is 7.51. The van der Waals surface area contributed by atoms with Crippen molar-refractivity contribution in [3.8, 4) is 11.5 Å². The van der Waals surface area contributed by atoms with Crippen molar-refractivity contribution in [2.75, 3.05) is 19.5 Å². The average Bonchev–Trinajstić information content (AvgIpc) is 3.36. The second-order valence-corrected chi connectivity index (χ2v) is 6.08. The topological polar surface area (TPSA) is 47.6 Å². The third-order valence-corrected chi connectivity index (χ3v) is 4.45. The molecule has 1 fully saturated rings. The number of amides is 1. The number of rotatable bonds is 5. The van der Waals surface area contributed by atoms with Crippen molar-refractivity contribution >= 4 is 23.2 Å². The van der Waals surface area contributed by atoms with Crippen molar-refractivity contribution in [2.45, 2.75) is 12.3 Å². The van der Waals surface area contributed by atoms with Crippen molar-refractivity contribution in [3.63, 3.8) is 0 Å². The molecule has 2 unspecified atom stereocenters. The highest BCUT2D eigenvalue weighted by atomic mass is 35.5. The van der Waals surface area contributed by atoms with Gasteiger partial charge in [0.15, 0.2) is 0 Å². The molecule has 2 aromatic rings. The molecule has 1 saturated carbocycles. The summed E-state index contributed by atoms with van der Waals surface area (Å²) in [5.41, 5.74) is 1.47. The van der Waals surface area contributed by atoms with Crippen molar-refractivity contribution in [1.82, 2.24) is 0 Å². The predicted molar refractivity (Wildman–Crippen MR) is 90.4 cm³/mol. The van der Waals surface area contributed by atoms with Gasteiger partial charge in [-0.25, -0.2) is 4.39 Å². The lowest BCUT2D eigenvalue weighted by Gasteiger charge is -2.13. The zero-order chi connectivity index (χ0) is 17.3. The Morgan fingerprint density at radius 1 is 1.17 bits per heavy atom. The lowest BCUT2D eigenvalue weighted by Crippen LogP contribution is -2.15. The van der Waals surface area contributed by atoms with E-state index in [-0.39, 0.29) is 23.6 Å². The van der Waals surface area contributed by atoms with Crippen LogP contribution in [0.3, 0.4) is 0 Å². The maximum Gasteiger partial charge on any atom is 0.228 e. The largest absolute Gasteiger partial charge is 0.495 e. The Morgan fingerprint density at radius 3 is 2.46 bits per heavy atom. The minimum absolute atomic E-state index is 0.108. The number of carbonyl (C=O) groups is 1. The van der Waals surface area contributed by atoms with E-state index in [0.717, 1.165) is 12.0 Å². The molecule has 3 rings (SSSR count). The minimum atomic E-state index is -0.280. The predicted octanol–water partition coefficient (Wildman–Crippen LogP) is 4.24. The van der Waals surface area contributed by atoms with Crippen molar-refractivity contribution < 1.29 is 18.7 Å². The third kappa shape index (κ3) is 3.31. The van der Waals surface area contributed by atoms with Gasteiger partial charge in [0.2, 0.25) is 5.91 Å². The first kappa shape index (κ1) is 16.6. The van der Waals surface area contributed by atoms with Gasteiger partial charge in [-0.05, 0) is 36.1 Å². The smallest absolute Gasteiger partial charge is 0.228 e. The van der Waals surface area contributed by atoms with Crippen LogP contribution in [0.2, 0.25) is 5.02 Å². The van der Waals surface area contributed by atoms with Crippen LogP contribution in [0.5, 0.6) is 11.5 Å². The van der Waals surface area contributed by atoms with E-state index in [4.69, 9.17) is 21.1 Å². The first-order valence-corrected chi connectivity index (χ1v) is 7.89. The fourth-order valence-electron chi connectivity index (χ4n) is 2.75. The molecular weight excluding hydrogens is 333 g/mol. The van der Waals surface area contributed by atoms with Gasteiger partial charge in [-0.3, -0.25) is 4.79 Å². The molecule has 0 radical (unpaired) electrons. The molecule has 4 nitrogen and oxygen atoms in total. The summed E-state index contributed by atoms with van der Waals surface area (Å²) in [5.74, 6) is 0.541. The summed E-state index contributed by atoms with van der Waals surface area (Å²) >= 11 is 6.11. The van der Waals surface area contributed by atoms with E-state index in [1.54, 1.807) is 24.3 Å². The molecule has 0 bridgehead atoms.